The molecule has 0 amide bonds. The van der Waals surface area contributed by atoms with Crippen molar-refractivity contribution in [1.82, 2.24) is 10.2 Å². The lowest BCUT2D eigenvalue weighted by atomic mass is 9.76. The average molecular weight is 285 g/mol. The van der Waals surface area contributed by atoms with Crippen molar-refractivity contribution < 1.29 is 0 Å². The van der Waals surface area contributed by atoms with Crippen LogP contribution in [0.4, 0.5) is 0 Å². The SMILES string of the molecule is CCNC(C1CCC(CC)CC1)C1CSCCN1C. The molecule has 3 heteroatoms. The molecule has 2 atom stereocenters. The molecule has 2 nitrogen and oxygen atoms in total. The van der Waals surface area contributed by atoms with Gasteiger partial charge in [0.15, 0.2) is 0 Å². The maximum absolute atomic E-state index is 3.83. The summed E-state index contributed by atoms with van der Waals surface area (Å²) in [6.07, 6.45) is 7.22. The first-order valence-electron chi connectivity index (χ1n) is 8.27. The molecule has 1 heterocycles. The number of hydrogen-bond donors (Lipinski definition) is 1. The fraction of sp³-hybridized carbons (Fsp3) is 1.00. The van der Waals surface area contributed by atoms with Gasteiger partial charge in [-0.05, 0) is 38.3 Å². The number of thioether (sulfide) groups is 1. The van der Waals surface area contributed by atoms with Crippen molar-refractivity contribution >= 4 is 11.8 Å². The van der Waals surface area contributed by atoms with Crippen molar-refractivity contribution in [3.8, 4) is 0 Å². The molecule has 1 N–H and O–H groups in total. The normalized spacial score (nSPS) is 35.2. The van der Waals surface area contributed by atoms with E-state index in [9.17, 15) is 0 Å². The van der Waals surface area contributed by atoms with E-state index >= 15 is 0 Å². The third kappa shape index (κ3) is 4.12. The second-order valence-corrected chi connectivity index (χ2v) is 7.55. The van der Waals surface area contributed by atoms with Crippen molar-refractivity contribution in [2.75, 3.05) is 31.6 Å². The molecule has 0 spiro atoms. The molecule has 0 aromatic heterocycles. The molecule has 0 bridgehead atoms. The van der Waals surface area contributed by atoms with Gasteiger partial charge in [-0.15, -0.1) is 0 Å². The Morgan fingerprint density at radius 3 is 2.53 bits per heavy atom. The van der Waals surface area contributed by atoms with Gasteiger partial charge in [-0.1, -0.05) is 33.1 Å². The molecule has 0 aromatic rings. The van der Waals surface area contributed by atoms with Gasteiger partial charge in [0.1, 0.15) is 0 Å². The molecule has 2 unspecified atom stereocenters. The highest BCUT2D eigenvalue weighted by atomic mass is 32.2. The van der Waals surface area contributed by atoms with Crippen LogP contribution in [0.2, 0.25) is 0 Å². The van der Waals surface area contributed by atoms with Crippen LogP contribution >= 0.6 is 11.8 Å². The fourth-order valence-electron chi connectivity index (χ4n) is 3.89. The third-order valence-electron chi connectivity index (χ3n) is 5.27. The van der Waals surface area contributed by atoms with E-state index in [1.54, 1.807) is 0 Å². The minimum atomic E-state index is 0.723. The van der Waals surface area contributed by atoms with E-state index in [-0.39, 0.29) is 0 Å². The molecule has 1 saturated carbocycles. The van der Waals surface area contributed by atoms with E-state index in [0.717, 1.165) is 30.5 Å². The minimum Gasteiger partial charge on any atom is -0.312 e. The Morgan fingerprint density at radius 1 is 1.21 bits per heavy atom. The molecular formula is C16H32N2S. The van der Waals surface area contributed by atoms with Crippen LogP contribution in [0.1, 0.15) is 46.0 Å². The Bertz CT molecular complexity index is 251. The number of nitrogens with one attached hydrogen (secondary N) is 1. The predicted octanol–water partition coefficient (Wildman–Crippen LogP) is 3.23. The molecule has 1 aliphatic heterocycles. The minimum absolute atomic E-state index is 0.723. The van der Waals surface area contributed by atoms with Gasteiger partial charge in [-0.3, -0.25) is 0 Å². The molecule has 2 rings (SSSR count). The largest absolute Gasteiger partial charge is 0.312 e. The van der Waals surface area contributed by atoms with Crippen molar-refractivity contribution in [2.45, 2.75) is 58.0 Å². The first kappa shape index (κ1) is 15.7. The highest BCUT2D eigenvalue weighted by molar-refractivity contribution is 7.99. The van der Waals surface area contributed by atoms with Gasteiger partial charge in [-0.25, -0.2) is 0 Å². The topological polar surface area (TPSA) is 15.3 Å². The molecule has 1 saturated heterocycles. The van der Waals surface area contributed by atoms with Gasteiger partial charge in [0, 0.05) is 30.1 Å². The number of hydrogen-bond acceptors (Lipinski definition) is 3. The van der Waals surface area contributed by atoms with Crippen LogP contribution < -0.4 is 5.32 Å². The van der Waals surface area contributed by atoms with Crippen LogP contribution in [-0.4, -0.2) is 48.6 Å². The summed E-state index contributed by atoms with van der Waals surface area (Å²) >= 11 is 2.15. The zero-order chi connectivity index (χ0) is 13.7. The van der Waals surface area contributed by atoms with Gasteiger partial charge in [0.25, 0.3) is 0 Å². The predicted molar refractivity (Wildman–Crippen MR) is 86.9 cm³/mol. The van der Waals surface area contributed by atoms with E-state index in [2.05, 4.69) is 42.9 Å². The van der Waals surface area contributed by atoms with Gasteiger partial charge in [-0.2, -0.15) is 11.8 Å². The zero-order valence-electron chi connectivity index (χ0n) is 13.0. The van der Waals surface area contributed by atoms with E-state index in [1.807, 2.05) is 0 Å². The first-order valence-corrected chi connectivity index (χ1v) is 9.43. The number of rotatable bonds is 5. The summed E-state index contributed by atoms with van der Waals surface area (Å²) in [5, 5.41) is 3.83. The lowest BCUT2D eigenvalue weighted by Gasteiger charge is -2.43. The molecule has 1 aliphatic carbocycles. The average Bonchev–Trinajstić information content (AvgIpc) is 2.46. The summed E-state index contributed by atoms with van der Waals surface area (Å²) in [5.41, 5.74) is 0. The second kappa shape index (κ2) is 7.90. The maximum Gasteiger partial charge on any atom is 0.0339 e. The number of likely N-dealkylation sites (N-methyl/N-ethyl adjacent to an activating group) is 2. The van der Waals surface area contributed by atoms with Crippen molar-refractivity contribution in [3.05, 3.63) is 0 Å². The summed E-state index contributed by atoms with van der Waals surface area (Å²) in [6.45, 7) is 7.01. The Labute approximate surface area is 124 Å². The van der Waals surface area contributed by atoms with Crippen molar-refractivity contribution in [3.63, 3.8) is 0 Å². The van der Waals surface area contributed by atoms with Crippen LogP contribution in [0.25, 0.3) is 0 Å². The van der Waals surface area contributed by atoms with Gasteiger partial charge >= 0.3 is 0 Å². The van der Waals surface area contributed by atoms with Crippen LogP contribution in [0.15, 0.2) is 0 Å². The van der Waals surface area contributed by atoms with Gasteiger partial charge in [0.05, 0.1) is 0 Å². The Morgan fingerprint density at radius 2 is 1.95 bits per heavy atom. The summed E-state index contributed by atoms with van der Waals surface area (Å²) in [4.78, 5) is 2.61. The first-order chi connectivity index (χ1) is 9.26. The lowest BCUT2D eigenvalue weighted by Crippen LogP contribution is -2.56. The Balaban J connectivity index is 1.95. The Kier molecular flexibility index (Phi) is 6.51. The van der Waals surface area contributed by atoms with Gasteiger partial charge in [0.2, 0.25) is 0 Å². The number of nitrogens with zero attached hydrogens (tertiary/aromatic N) is 1. The summed E-state index contributed by atoms with van der Waals surface area (Å²) in [5.74, 6) is 4.56. The highest BCUT2D eigenvalue weighted by Crippen LogP contribution is 2.35. The third-order valence-corrected chi connectivity index (χ3v) is 6.32. The van der Waals surface area contributed by atoms with E-state index in [4.69, 9.17) is 0 Å². The lowest BCUT2D eigenvalue weighted by molar-refractivity contribution is 0.137. The fourth-order valence-corrected chi connectivity index (χ4v) is 5.18. The van der Waals surface area contributed by atoms with Crippen LogP contribution in [0, 0.1) is 11.8 Å². The molecule has 0 radical (unpaired) electrons. The molecule has 112 valence electrons. The summed E-state index contributed by atoms with van der Waals surface area (Å²) in [6, 6.07) is 1.47. The zero-order valence-corrected chi connectivity index (χ0v) is 13.8. The molecular weight excluding hydrogens is 252 g/mol. The van der Waals surface area contributed by atoms with Crippen LogP contribution in [-0.2, 0) is 0 Å². The summed E-state index contributed by atoms with van der Waals surface area (Å²) in [7, 11) is 2.33. The smallest absolute Gasteiger partial charge is 0.0339 e. The van der Waals surface area contributed by atoms with Crippen molar-refractivity contribution in [2.24, 2.45) is 11.8 Å². The molecule has 19 heavy (non-hydrogen) atoms. The van der Waals surface area contributed by atoms with E-state index in [1.165, 1.54) is 50.2 Å². The standard InChI is InChI=1S/C16H32N2S/c1-4-13-6-8-14(9-7-13)16(17-5-2)15-12-19-11-10-18(15)3/h13-17H,4-12H2,1-3H3. The van der Waals surface area contributed by atoms with E-state index < -0.39 is 0 Å². The van der Waals surface area contributed by atoms with Gasteiger partial charge < -0.3 is 10.2 Å². The van der Waals surface area contributed by atoms with Crippen LogP contribution in [0.5, 0.6) is 0 Å². The molecule has 2 fully saturated rings. The molecule has 0 aromatic carbocycles. The van der Waals surface area contributed by atoms with Crippen molar-refractivity contribution in [1.29, 1.82) is 0 Å². The highest BCUT2D eigenvalue weighted by Gasteiger charge is 2.34. The quantitative estimate of drug-likeness (QED) is 0.834. The summed E-state index contributed by atoms with van der Waals surface area (Å²) < 4.78 is 0. The monoisotopic (exact) mass is 284 g/mol. The molecule has 2 aliphatic rings. The van der Waals surface area contributed by atoms with Crippen LogP contribution in [0.3, 0.4) is 0 Å². The maximum atomic E-state index is 3.83. The van der Waals surface area contributed by atoms with E-state index in [0.29, 0.717) is 0 Å². The Hall–Kier alpha value is 0.270. The second-order valence-electron chi connectivity index (χ2n) is 6.40.